The maximum atomic E-state index is 12.4. The van der Waals surface area contributed by atoms with Gasteiger partial charge in [0.25, 0.3) is 0 Å². The van der Waals surface area contributed by atoms with E-state index >= 15 is 0 Å². The number of aliphatic hydroxyl groups excluding tert-OH is 1. The van der Waals surface area contributed by atoms with Gasteiger partial charge in [-0.2, -0.15) is 0 Å². The molecular formula is C18H25NO4. The number of hydrogen-bond donors (Lipinski definition) is 1. The predicted octanol–water partition coefficient (Wildman–Crippen LogP) is 2.57. The summed E-state index contributed by atoms with van der Waals surface area (Å²) < 4.78 is 10.7. The Morgan fingerprint density at radius 2 is 1.91 bits per heavy atom. The zero-order chi connectivity index (χ0) is 16.9. The van der Waals surface area contributed by atoms with E-state index in [1.807, 2.05) is 45.0 Å². The van der Waals surface area contributed by atoms with E-state index in [0.717, 1.165) is 17.7 Å². The molecule has 126 valence electrons. The molecule has 2 atom stereocenters. The molecule has 1 saturated carbocycles. The summed E-state index contributed by atoms with van der Waals surface area (Å²) in [6.45, 7) is 6.81. The number of rotatable bonds is 3. The highest BCUT2D eigenvalue weighted by atomic mass is 16.6. The van der Waals surface area contributed by atoms with Crippen molar-refractivity contribution in [3.8, 4) is 5.75 Å². The number of benzene rings is 1. The van der Waals surface area contributed by atoms with E-state index < -0.39 is 5.60 Å². The average Bonchev–Trinajstić information content (AvgIpc) is 3.03. The lowest BCUT2D eigenvalue weighted by Crippen LogP contribution is -2.38. The standard InChI is InChI=1S/C18H25NO4/c1-16(2,3)23-15(21)19-10-17(12-20)9-18(17,11-19)13-5-7-14(22-4)8-6-13/h5-8,20H,9-12H2,1-4H3/t17-,18+/m1/s1. The van der Waals surface area contributed by atoms with Crippen LogP contribution in [-0.2, 0) is 10.2 Å². The highest BCUT2D eigenvalue weighted by molar-refractivity contribution is 5.70. The lowest BCUT2D eigenvalue weighted by molar-refractivity contribution is 0.0250. The van der Waals surface area contributed by atoms with Gasteiger partial charge in [0.1, 0.15) is 11.4 Å². The number of amides is 1. The lowest BCUT2D eigenvalue weighted by atomic mass is 9.89. The second-order valence-electron chi connectivity index (χ2n) is 7.76. The first-order valence-electron chi connectivity index (χ1n) is 7.99. The Morgan fingerprint density at radius 1 is 1.26 bits per heavy atom. The first-order valence-corrected chi connectivity index (χ1v) is 7.99. The molecule has 0 bridgehead atoms. The average molecular weight is 319 g/mol. The van der Waals surface area contributed by atoms with Crippen molar-refractivity contribution in [2.75, 3.05) is 26.8 Å². The highest BCUT2D eigenvalue weighted by Gasteiger charge is 2.73. The van der Waals surface area contributed by atoms with Crippen LogP contribution in [0.4, 0.5) is 4.79 Å². The van der Waals surface area contributed by atoms with Crippen LogP contribution in [0, 0.1) is 5.41 Å². The van der Waals surface area contributed by atoms with E-state index in [1.165, 1.54) is 0 Å². The van der Waals surface area contributed by atoms with Gasteiger partial charge in [0.2, 0.25) is 0 Å². The van der Waals surface area contributed by atoms with E-state index in [2.05, 4.69) is 0 Å². The van der Waals surface area contributed by atoms with Gasteiger partial charge in [-0.15, -0.1) is 0 Å². The van der Waals surface area contributed by atoms with Gasteiger partial charge >= 0.3 is 6.09 Å². The van der Waals surface area contributed by atoms with Crippen molar-refractivity contribution < 1.29 is 19.4 Å². The van der Waals surface area contributed by atoms with Gasteiger partial charge in [-0.3, -0.25) is 0 Å². The zero-order valence-electron chi connectivity index (χ0n) is 14.3. The fourth-order valence-electron chi connectivity index (χ4n) is 3.83. The Bertz CT molecular complexity index is 606. The van der Waals surface area contributed by atoms with E-state index in [9.17, 15) is 9.90 Å². The molecule has 1 saturated heterocycles. The molecule has 1 aromatic rings. The summed E-state index contributed by atoms with van der Waals surface area (Å²) >= 11 is 0. The summed E-state index contributed by atoms with van der Waals surface area (Å²) in [4.78, 5) is 14.1. The van der Waals surface area contributed by atoms with Gasteiger partial charge in [0.15, 0.2) is 0 Å². The fourth-order valence-corrected chi connectivity index (χ4v) is 3.83. The van der Waals surface area contributed by atoms with Gasteiger partial charge in [-0.25, -0.2) is 4.79 Å². The minimum absolute atomic E-state index is 0.0817. The van der Waals surface area contributed by atoms with Crippen molar-refractivity contribution in [1.82, 2.24) is 4.90 Å². The molecule has 1 aliphatic heterocycles. The summed E-state index contributed by atoms with van der Waals surface area (Å²) in [5, 5.41) is 9.92. The number of methoxy groups -OCH3 is 1. The van der Waals surface area contributed by atoms with E-state index in [0.29, 0.717) is 13.1 Å². The largest absolute Gasteiger partial charge is 0.497 e. The molecule has 2 fully saturated rings. The predicted molar refractivity (Wildman–Crippen MR) is 86.6 cm³/mol. The number of likely N-dealkylation sites (tertiary alicyclic amines) is 1. The molecule has 23 heavy (non-hydrogen) atoms. The van der Waals surface area contributed by atoms with Gasteiger partial charge in [-0.05, 0) is 44.9 Å². The number of piperidine rings is 1. The molecule has 1 amide bonds. The van der Waals surface area contributed by atoms with Crippen molar-refractivity contribution in [3.63, 3.8) is 0 Å². The van der Waals surface area contributed by atoms with Crippen LogP contribution in [0.1, 0.15) is 32.8 Å². The molecule has 5 heteroatoms. The van der Waals surface area contributed by atoms with Crippen LogP contribution in [0.15, 0.2) is 24.3 Å². The molecule has 1 N–H and O–H groups in total. The van der Waals surface area contributed by atoms with Crippen LogP contribution in [0.25, 0.3) is 0 Å². The number of hydrogen-bond acceptors (Lipinski definition) is 4. The van der Waals surface area contributed by atoms with Crippen molar-refractivity contribution in [3.05, 3.63) is 29.8 Å². The van der Waals surface area contributed by atoms with Gasteiger partial charge in [-0.1, -0.05) is 12.1 Å². The Hall–Kier alpha value is -1.75. The fraction of sp³-hybridized carbons (Fsp3) is 0.611. The third-order valence-electron chi connectivity index (χ3n) is 5.08. The lowest BCUT2D eigenvalue weighted by Gasteiger charge is -2.26. The second kappa shape index (κ2) is 5.13. The molecule has 0 radical (unpaired) electrons. The first-order chi connectivity index (χ1) is 10.8. The van der Waals surface area contributed by atoms with E-state index in [-0.39, 0.29) is 23.5 Å². The highest BCUT2D eigenvalue weighted by Crippen LogP contribution is 2.68. The summed E-state index contributed by atoms with van der Waals surface area (Å²) in [6, 6.07) is 7.94. The monoisotopic (exact) mass is 319 g/mol. The minimum Gasteiger partial charge on any atom is -0.497 e. The molecule has 0 unspecified atom stereocenters. The molecule has 1 heterocycles. The number of nitrogens with zero attached hydrogens (tertiary/aromatic N) is 1. The van der Waals surface area contributed by atoms with Crippen LogP contribution in [0.3, 0.4) is 0 Å². The van der Waals surface area contributed by atoms with Crippen LogP contribution in [0.2, 0.25) is 0 Å². The van der Waals surface area contributed by atoms with Crippen molar-refractivity contribution in [2.24, 2.45) is 5.41 Å². The number of carbonyl (C=O) groups excluding carboxylic acids is 1. The van der Waals surface area contributed by atoms with Crippen LogP contribution in [0.5, 0.6) is 5.75 Å². The Labute approximate surface area is 137 Å². The molecule has 5 nitrogen and oxygen atoms in total. The molecule has 0 spiro atoms. The summed E-state index contributed by atoms with van der Waals surface area (Å²) in [6.07, 6.45) is 0.604. The van der Waals surface area contributed by atoms with Crippen molar-refractivity contribution in [2.45, 2.75) is 38.2 Å². The van der Waals surface area contributed by atoms with Gasteiger partial charge < -0.3 is 19.5 Å². The van der Waals surface area contributed by atoms with Crippen LogP contribution >= 0.6 is 0 Å². The quantitative estimate of drug-likeness (QED) is 0.930. The SMILES string of the molecule is COc1ccc([C@]23CN(C(=O)OC(C)(C)C)C[C@@]2(CO)C3)cc1. The number of fused-ring (bicyclic) bond motifs is 1. The second-order valence-corrected chi connectivity index (χ2v) is 7.76. The number of carbonyl (C=O) groups is 1. The van der Waals surface area contributed by atoms with Crippen LogP contribution in [-0.4, -0.2) is 48.5 Å². The number of aliphatic hydroxyl groups is 1. The Balaban J connectivity index is 1.81. The normalized spacial score (nSPS) is 29.2. The molecular weight excluding hydrogens is 294 g/mol. The smallest absolute Gasteiger partial charge is 0.410 e. The Morgan fingerprint density at radius 3 is 2.43 bits per heavy atom. The van der Waals surface area contributed by atoms with Crippen molar-refractivity contribution in [1.29, 1.82) is 0 Å². The summed E-state index contributed by atoms with van der Waals surface area (Å²) in [5.41, 5.74) is 0.242. The zero-order valence-corrected chi connectivity index (χ0v) is 14.3. The third-order valence-corrected chi connectivity index (χ3v) is 5.08. The molecule has 1 aromatic carbocycles. The van der Waals surface area contributed by atoms with Crippen molar-refractivity contribution >= 4 is 6.09 Å². The molecule has 2 aliphatic rings. The minimum atomic E-state index is -0.510. The maximum absolute atomic E-state index is 12.4. The van der Waals surface area contributed by atoms with E-state index in [1.54, 1.807) is 12.0 Å². The maximum Gasteiger partial charge on any atom is 0.410 e. The molecule has 3 rings (SSSR count). The summed E-state index contributed by atoms with van der Waals surface area (Å²) in [5.74, 6) is 0.808. The molecule has 0 aromatic heterocycles. The molecule has 1 aliphatic carbocycles. The van der Waals surface area contributed by atoms with E-state index in [4.69, 9.17) is 9.47 Å². The Kier molecular flexibility index (Phi) is 3.59. The topological polar surface area (TPSA) is 59.0 Å². The summed E-state index contributed by atoms with van der Waals surface area (Å²) in [7, 11) is 1.64. The van der Waals surface area contributed by atoms with Gasteiger partial charge in [0, 0.05) is 23.9 Å². The first kappa shape index (κ1) is 16.1. The van der Waals surface area contributed by atoms with Gasteiger partial charge in [0.05, 0.1) is 13.7 Å². The van der Waals surface area contributed by atoms with Crippen LogP contribution < -0.4 is 4.74 Å². The third kappa shape index (κ3) is 2.57. The number of ether oxygens (including phenoxy) is 2.